The molecule has 5 nitrogen and oxygen atoms in total. The lowest BCUT2D eigenvalue weighted by Gasteiger charge is -2.19. The summed E-state index contributed by atoms with van der Waals surface area (Å²) in [5.41, 5.74) is 3.39. The fourth-order valence-corrected chi connectivity index (χ4v) is 4.28. The van der Waals surface area contributed by atoms with Crippen LogP contribution >= 0.6 is 0 Å². The molecular formula is C21H28N2O3. The van der Waals surface area contributed by atoms with E-state index in [0.29, 0.717) is 0 Å². The van der Waals surface area contributed by atoms with Crippen LogP contribution in [-0.4, -0.2) is 29.2 Å². The Hall–Kier alpha value is -2.17. The van der Waals surface area contributed by atoms with E-state index in [2.05, 4.69) is 23.5 Å². The van der Waals surface area contributed by atoms with E-state index in [9.17, 15) is 14.4 Å². The highest BCUT2D eigenvalue weighted by molar-refractivity contribution is 6.05. The highest BCUT2D eigenvalue weighted by atomic mass is 16.2. The molecule has 0 unspecified atom stereocenters. The van der Waals surface area contributed by atoms with E-state index >= 15 is 0 Å². The number of amides is 3. The number of imide groups is 1. The van der Waals surface area contributed by atoms with Crippen LogP contribution in [0.2, 0.25) is 0 Å². The van der Waals surface area contributed by atoms with Gasteiger partial charge in [-0.1, -0.05) is 36.6 Å². The predicted molar refractivity (Wildman–Crippen MR) is 99.3 cm³/mol. The summed E-state index contributed by atoms with van der Waals surface area (Å²) >= 11 is 0. The number of carbonyl (C=O) groups is 3. The first-order chi connectivity index (χ1) is 12.4. The molecule has 3 atom stereocenters. The van der Waals surface area contributed by atoms with Crippen molar-refractivity contribution in [1.29, 1.82) is 0 Å². The average molecular weight is 356 g/mol. The van der Waals surface area contributed by atoms with Crippen LogP contribution in [0.15, 0.2) is 18.2 Å². The lowest BCUT2D eigenvalue weighted by molar-refractivity contribution is -0.140. The molecule has 1 aliphatic heterocycles. The van der Waals surface area contributed by atoms with Crippen molar-refractivity contribution in [3.05, 3.63) is 34.9 Å². The third-order valence-electron chi connectivity index (χ3n) is 5.77. The van der Waals surface area contributed by atoms with Gasteiger partial charge in [-0.25, -0.2) is 0 Å². The third kappa shape index (κ3) is 3.67. The van der Waals surface area contributed by atoms with E-state index in [4.69, 9.17) is 0 Å². The Morgan fingerprint density at radius 3 is 2.38 bits per heavy atom. The Morgan fingerprint density at radius 1 is 1.15 bits per heavy atom. The Labute approximate surface area is 155 Å². The lowest BCUT2D eigenvalue weighted by atomic mass is 9.81. The molecule has 1 aromatic carbocycles. The van der Waals surface area contributed by atoms with Gasteiger partial charge in [-0.2, -0.15) is 0 Å². The summed E-state index contributed by atoms with van der Waals surface area (Å²) in [6, 6.07) is 6.09. The molecule has 0 spiro atoms. The number of nitrogens with zero attached hydrogens (tertiary/aromatic N) is 1. The molecule has 2 aliphatic rings. The van der Waals surface area contributed by atoms with Crippen molar-refractivity contribution in [1.82, 2.24) is 10.2 Å². The van der Waals surface area contributed by atoms with Crippen molar-refractivity contribution in [2.45, 2.75) is 58.9 Å². The van der Waals surface area contributed by atoms with Gasteiger partial charge in [0.1, 0.15) is 0 Å². The fraction of sp³-hybridized carbons (Fsp3) is 0.571. The van der Waals surface area contributed by atoms with Crippen molar-refractivity contribution in [2.24, 2.45) is 11.8 Å². The van der Waals surface area contributed by atoms with Gasteiger partial charge in [0.25, 0.3) is 0 Å². The van der Waals surface area contributed by atoms with E-state index in [-0.39, 0.29) is 48.6 Å². The van der Waals surface area contributed by atoms with Crippen molar-refractivity contribution in [3.8, 4) is 0 Å². The van der Waals surface area contributed by atoms with Gasteiger partial charge < -0.3 is 5.32 Å². The molecule has 1 heterocycles. The molecule has 1 N–H and O–H groups in total. The second-order valence-corrected chi connectivity index (χ2v) is 7.72. The fourth-order valence-electron chi connectivity index (χ4n) is 4.28. The molecule has 140 valence electrons. The van der Waals surface area contributed by atoms with Crippen LogP contribution in [0.1, 0.15) is 61.8 Å². The Morgan fingerprint density at radius 2 is 1.77 bits per heavy atom. The first kappa shape index (κ1) is 18.6. The summed E-state index contributed by atoms with van der Waals surface area (Å²) in [6.45, 7) is 6.21. The summed E-state index contributed by atoms with van der Waals surface area (Å²) in [4.78, 5) is 38.6. The van der Waals surface area contributed by atoms with Gasteiger partial charge in [0.2, 0.25) is 17.7 Å². The molecule has 1 saturated heterocycles. The maximum Gasteiger partial charge on any atom is 0.233 e. The van der Waals surface area contributed by atoms with E-state index in [1.54, 1.807) is 0 Å². The van der Waals surface area contributed by atoms with Crippen LogP contribution in [-0.2, 0) is 14.4 Å². The Kier molecular flexibility index (Phi) is 5.44. The maximum atomic E-state index is 12.5. The van der Waals surface area contributed by atoms with Crippen LogP contribution in [0, 0.1) is 25.7 Å². The molecule has 2 fully saturated rings. The molecule has 1 aromatic rings. The molecule has 0 bridgehead atoms. The van der Waals surface area contributed by atoms with Crippen LogP contribution in [0.3, 0.4) is 0 Å². The van der Waals surface area contributed by atoms with Crippen molar-refractivity contribution < 1.29 is 14.4 Å². The van der Waals surface area contributed by atoms with Gasteiger partial charge in [-0.3, -0.25) is 19.3 Å². The summed E-state index contributed by atoms with van der Waals surface area (Å²) < 4.78 is 0. The van der Waals surface area contributed by atoms with E-state index < -0.39 is 0 Å². The largest absolute Gasteiger partial charge is 0.350 e. The van der Waals surface area contributed by atoms with E-state index in [1.165, 1.54) is 4.90 Å². The molecule has 1 aliphatic carbocycles. The summed E-state index contributed by atoms with van der Waals surface area (Å²) in [5, 5.41) is 2.99. The molecule has 26 heavy (non-hydrogen) atoms. The number of hydrogen-bond donors (Lipinski definition) is 1. The van der Waals surface area contributed by atoms with Gasteiger partial charge in [0.05, 0.1) is 17.9 Å². The monoisotopic (exact) mass is 356 g/mol. The zero-order valence-corrected chi connectivity index (χ0v) is 15.9. The molecular weight excluding hydrogens is 328 g/mol. The smallest absolute Gasteiger partial charge is 0.233 e. The third-order valence-corrected chi connectivity index (χ3v) is 5.77. The molecule has 3 amide bonds. The molecule has 0 aromatic heterocycles. The second kappa shape index (κ2) is 7.60. The summed E-state index contributed by atoms with van der Waals surface area (Å²) in [6.07, 6.45) is 3.80. The highest BCUT2D eigenvalue weighted by Crippen LogP contribution is 2.37. The zero-order valence-electron chi connectivity index (χ0n) is 15.9. The summed E-state index contributed by atoms with van der Waals surface area (Å²) in [7, 11) is 0. The number of hydrogen-bond acceptors (Lipinski definition) is 3. The SMILES string of the molecule is Cc1ccc(C)c([C@@H](C)NC(=O)CCN2C(=O)[C@H]3CCCC[C@@H]3C2=O)c1. The van der Waals surface area contributed by atoms with Crippen LogP contribution in [0.25, 0.3) is 0 Å². The van der Waals surface area contributed by atoms with Crippen molar-refractivity contribution in [3.63, 3.8) is 0 Å². The van der Waals surface area contributed by atoms with Gasteiger partial charge in [-0.05, 0) is 44.7 Å². The lowest BCUT2D eigenvalue weighted by Crippen LogP contribution is -2.36. The zero-order chi connectivity index (χ0) is 18.8. The van der Waals surface area contributed by atoms with Crippen LogP contribution in [0.4, 0.5) is 0 Å². The maximum absolute atomic E-state index is 12.5. The number of likely N-dealkylation sites (tertiary alicyclic amines) is 1. The minimum absolute atomic E-state index is 0.0740. The standard InChI is InChI=1S/C21H28N2O3/c1-13-8-9-14(2)18(12-13)15(3)22-19(24)10-11-23-20(25)16-6-4-5-7-17(16)21(23)26/h8-9,12,15-17H,4-7,10-11H2,1-3H3,(H,22,24)/t15-,16+,17+/m1/s1. The summed E-state index contributed by atoms with van der Waals surface area (Å²) in [5.74, 6) is -0.569. The second-order valence-electron chi connectivity index (χ2n) is 7.72. The van der Waals surface area contributed by atoms with Crippen molar-refractivity contribution >= 4 is 17.7 Å². The topological polar surface area (TPSA) is 66.5 Å². The van der Waals surface area contributed by atoms with Crippen molar-refractivity contribution in [2.75, 3.05) is 6.54 Å². The average Bonchev–Trinajstić information content (AvgIpc) is 2.86. The molecule has 3 rings (SSSR count). The number of rotatable bonds is 5. The number of carbonyl (C=O) groups excluding carboxylic acids is 3. The molecule has 0 radical (unpaired) electrons. The quantitative estimate of drug-likeness (QED) is 0.825. The predicted octanol–water partition coefficient (Wildman–Crippen LogP) is 3.05. The minimum Gasteiger partial charge on any atom is -0.350 e. The highest BCUT2D eigenvalue weighted by Gasteiger charge is 2.47. The van der Waals surface area contributed by atoms with E-state index in [0.717, 1.165) is 42.4 Å². The molecule has 1 saturated carbocycles. The van der Waals surface area contributed by atoms with Gasteiger partial charge in [0.15, 0.2) is 0 Å². The number of fused-ring (bicyclic) bond motifs is 1. The van der Waals surface area contributed by atoms with Gasteiger partial charge in [-0.15, -0.1) is 0 Å². The number of nitrogens with one attached hydrogen (secondary N) is 1. The van der Waals surface area contributed by atoms with Crippen LogP contribution < -0.4 is 5.32 Å². The van der Waals surface area contributed by atoms with Gasteiger partial charge >= 0.3 is 0 Å². The molecule has 5 heteroatoms. The number of aryl methyl sites for hydroxylation is 2. The Bertz CT molecular complexity index is 704. The van der Waals surface area contributed by atoms with Gasteiger partial charge in [0, 0.05) is 13.0 Å². The first-order valence-electron chi connectivity index (χ1n) is 9.60. The van der Waals surface area contributed by atoms with E-state index in [1.807, 2.05) is 20.8 Å². The number of benzene rings is 1. The normalized spacial score (nSPS) is 23.7. The van der Waals surface area contributed by atoms with Crippen LogP contribution in [0.5, 0.6) is 0 Å². The first-order valence-corrected chi connectivity index (χ1v) is 9.60. The Balaban J connectivity index is 1.56. The minimum atomic E-state index is -0.145.